The van der Waals surface area contributed by atoms with E-state index in [0.29, 0.717) is 46.0 Å². The van der Waals surface area contributed by atoms with Crippen LogP contribution in [-0.2, 0) is 19.5 Å². The van der Waals surface area contributed by atoms with Gasteiger partial charge in [-0.05, 0) is 43.4 Å². The van der Waals surface area contributed by atoms with Crippen molar-refractivity contribution in [2.24, 2.45) is 5.92 Å². The maximum atomic E-state index is 13.5. The molecule has 2 aliphatic rings. The third-order valence-electron chi connectivity index (χ3n) is 7.38. The molecule has 5 heterocycles. The molecule has 2 bridgehead atoms. The Kier molecular flexibility index (Phi) is 5.38. The second-order valence-electron chi connectivity index (χ2n) is 9.76. The monoisotopic (exact) mass is 489 g/mol. The smallest absolute Gasteiger partial charge is 0.250 e. The lowest BCUT2D eigenvalue weighted by atomic mass is 9.83. The number of hydrogen-bond donors (Lipinski definition) is 1. The molecule has 0 amide bonds. The highest BCUT2D eigenvalue weighted by molar-refractivity contribution is 7.13. The Hall–Kier alpha value is -3.23. The van der Waals surface area contributed by atoms with Gasteiger partial charge in [-0.3, -0.25) is 14.5 Å². The standard InChI is InChI=1S/C27H27N3O4S/c1-3-17-8-19-25(33)21(27-28-15(2)14-35-27)13-34-26(19)20(24(17)32)12-29-9-16-7-18(11-29)22-5-4-6-23(31)30(22)10-16/h4-6,8,13-14,16,18,32H,3,7,9-12H2,1-2H3/t16-,18+/m0/s1. The molecular formula is C27H27N3O4S. The number of rotatable bonds is 4. The van der Waals surface area contributed by atoms with Crippen LogP contribution in [0.3, 0.4) is 0 Å². The van der Waals surface area contributed by atoms with Crippen LogP contribution < -0.4 is 11.0 Å². The maximum Gasteiger partial charge on any atom is 0.250 e. The summed E-state index contributed by atoms with van der Waals surface area (Å²) in [6.07, 6.45) is 3.15. The van der Waals surface area contributed by atoms with E-state index in [4.69, 9.17) is 4.42 Å². The van der Waals surface area contributed by atoms with Crippen LogP contribution in [0.4, 0.5) is 0 Å². The van der Waals surface area contributed by atoms with E-state index in [9.17, 15) is 14.7 Å². The van der Waals surface area contributed by atoms with Crippen molar-refractivity contribution >= 4 is 22.3 Å². The molecule has 35 heavy (non-hydrogen) atoms. The lowest BCUT2D eigenvalue weighted by Gasteiger charge is -2.42. The predicted octanol–water partition coefficient (Wildman–Crippen LogP) is 4.27. The van der Waals surface area contributed by atoms with Crippen LogP contribution in [-0.4, -0.2) is 32.6 Å². The van der Waals surface area contributed by atoms with Gasteiger partial charge in [-0.2, -0.15) is 0 Å². The lowest BCUT2D eigenvalue weighted by molar-refractivity contribution is 0.113. The zero-order valence-corrected chi connectivity index (χ0v) is 20.6. The lowest BCUT2D eigenvalue weighted by Crippen LogP contribution is -2.46. The molecule has 1 N–H and O–H groups in total. The van der Waals surface area contributed by atoms with Crippen LogP contribution in [0.25, 0.3) is 21.5 Å². The van der Waals surface area contributed by atoms with Gasteiger partial charge in [0, 0.05) is 54.9 Å². The summed E-state index contributed by atoms with van der Waals surface area (Å²) in [6, 6.07) is 7.29. The van der Waals surface area contributed by atoms with Crippen LogP contribution in [0.5, 0.6) is 5.75 Å². The van der Waals surface area contributed by atoms with Gasteiger partial charge in [-0.1, -0.05) is 13.0 Å². The largest absolute Gasteiger partial charge is 0.507 e. The van der Waals surface area contributed by atoms with E-state index in [1.165, 1.54) is 17.6 Å². The number of pyridine rings is 1. The third kappa shape index (κ3) is 3.72. The highest BCUT2D eigenvalue weighted by Crippen LogP contribution is 2.38. The molecule has 180 valence electrons. The molecule has 0 radical (unpaired) electrons. The molecule has 6 rings (SSSR count). The van der Waals surface area contributed by atoms with Gasteiger partial charge in [0.05, 0.1) is 16.5 Å². The Bertz CT molecular complexity index is 1570. The van der Waals surface area contributed by atoms with Gasteiger partial charge in [0.2, 0.25) is 5.43 Å². The summed E-state index contributed by atoms with van der Waals surface area (Å²) >= 11 is 1.42. The van der Waals surface area contributed by atoms with E-state index in [2.05, 4.69) is 16.0 Å². The second-order valence-corrected chi connectivity index (χ2v) is 10.6. The van der Waals surface area contributed by atoms with Crippen molar-refractivity contribution in [3.8, 4) is 16.3 Å². The molecule has 2 atom stereocenters. The first-order chi connectivity index (χ1) is 16.9. The summed E-state index contributed by atoms with van der Waals surface area (Å²) in [5.74, 6) is 0.843. The van der Waals surface area contributed by atoms with Crippen LogP contribution in [0, 0.1) is 12.8 Å². The average molecular weight is 490 g/mol. The number of likely N-dealkylation sites (tertiary alicyclic amines) is 1. The minimum Gasteiger partial charge on any atom is -0.507 e. The zero-order chi connectivity index (χ0) is 24.3. The maximum absolute atomic E-state index is 13.5. The molecular weight excluding hydrogens is 462 g/mol. The number of nitrogens with zero attached hydrogens (tertiary/aromatic N) is 3. The number of aryl methyl sites for hydroxylation is 2. The summed E-state index contributed by atoms with van der Waals surface area (Å²) in [5.41, 5.74) is 4.18. The van der Waals surface area contributed by atoms with Gasteiger partial charge < -0.3 is 14.1 Å². The van der Waals surface area contributed by atoms with E-state index < -0.39 is 0 Å². The minimum atomic E-state index is -0.125. The van der Waals surface area contributed by atoms with Crippen LogP contribution in [0.2, 0.25) is 0 Å². The van der Waals surface area contributed by atoms with Gasteiger partial charge in [0.15, 0.2) is 0 Å². The van der Waals surface area contributed by atoms with E-state index >= 15 is 0 Å². The predicted molar refractivity (Wildman–Crippen MR) is 136 cm³/mol. The van der Waals surface area contributed by atoms with Gasteiger partial charge in [-0.25, -0.2) is 4.98 Å². The fourth-order valence-corrected chi connectivity index (χ4v) is 6.58. The fraction of sp³-hybridized carbons (Fsp3) is 0.370. The van der Waals surface area contributed by atoms with Crippen LogP contribution in [0.15, 0.2) is 49.9 Å². The minimum absolute atomic E-state index is 0.0675. The highest BCUT2D eigenvalue weighted by atomic mass is 32.1. The third-order valence-corrected chi connectivity index (χ3v) is 8.37. The molecule has 7 nitrogen and oxygen atoms in total. The number of benzene rings is 1. The number of fused-ring (bicyclic) bond motifs is 5. The van der Waals surface area contributed by atoms with Crippen LogP contribution in [0.1, 0.15) is 41.8 Å². The molecule has 2 aliphatic heterocycles. The number of aromatic hydroxyl groups is 1. The quantitative estimate of drug-likeness (QED) is 0.461. The SMILES string of the molecule is CCc1cc2c(=O)c(-c3nc(C)cs3)coc2c(CN2C[C@@H]3C[C@H](C2)c2cccc(=O)n2C3)c1O. The molecule has 1 aromatic carbocycles. The Morgan fingerprint density at radius 1 is 1.23 bits per heavy atom. The second kappa shape index (κ2) is 8.46. The highest BCUT2D eigenvalue weighted by Gasteiger charge is 2.35. The molecule has 4 aromatic rings. The number of thiazole rings is 1. The van der Waals surface area contributed by atoms with Crippen molar-refractivity contribution in [3.05, 3.63) is 79.0 Å². The number of hydrogen-bond acceptors (Lipinski definition) is 7. The van der Waals surface area contributed by atoms with Crippen LogP contribution >= 0.6 is 11.3 Å². The van der Waals surface area contributed by atoms with E-state index in [-0.39, 0.29) is 22.7 Å². The van der Waals surface area contributed by atoms with Gasteiger partial charge in [0.25, 0.3) is 5.56 Å². The van der Waals surface area contributed by atoms with Crippen molar-refractivity contribution in [1.29, 1.82) is 0 Å². The Morgan fingerprint density at radius 3 is 2.86 bits per heavy atom. The first-order valence-corrected chi connectivity index (χ1v) is 12.9. The summed E-state index contributed by atoms with van der Waals surface area (Å²) in [5, 5.41) is 14.2. The molecule has 0 unspecified atom stereocenters. The van der Waals surface area contributed by atoms with Crippen molar-refractivity contribution in [1.82, 2.24) is 14.5 Å². The molecule has 8 heteroatoms. The Balaban J connectivity index is 1.40. The topological polar surface area (TPSA) is 88.6 Å². The van der Waals surface area contributed by atoms with Crippen molar-refractivity contribution in [2.45, 2.75) is 45.7 Å². The molecule has 3 aromatic heterocycles. The first-order valence-electron chi connectivity index (χ1n) is 12.1. The normalized spacial score (nSPS) is 19.7. The average Bonchev–Trinajstić information content (AvgIpc) is 3.27. The van der Waals surface area contributed by atoms with E-state index in [1.54, 1.807) is 12.1 Å². The number of aromatic nitrogens is 2. The summed E-state index contributed by atoms with van der Waals surface area (Å²) in [4.78, 5) is 32.6. The molecule has 1 saturated heterocycles. The number of phenols is 1. The summed E-state index contributed by atoms with van der Waals surface area (Å²) in [7, 11) is 0. The van der Waals surface area contributed by atoms with Crippen molar-refractivity contribution < 1.29 is 9.52 Å². The fourth-order valence-electron chi connectivity index (χ4n) is 5.78. The Labute approximate surface area is 206 Å². The summed E-state index contributed by atoms with van der Waals surface area (Å²) < 4.78 is 7.96. The summed E-state index contributed by atoms with van der Waals surface area (Å²) in [6.45, 7) is 6.69. The number of phenolic OH excluding ortho intramolecular Hbond substituents is 1. The van der Waals surface area contributed by atoms with E-state index in [1.807, 2.05) is 29.9 Å². The molecule has 0 spiro atoms. The Morgan fingerprint density at radius 2 is 2.09 bits per heavy atom. The van der Waals surface area contributed by atoms with Gasteiger partial charge in [0.1, 0.15) is 22.6 Å². The van der Waals surface area contributed by atoms with Gasteiger partial charge in [-0.15, -0.1) is 11.3 Å². The van der Waals surface area contributed by atoms with Gasteiger partial charge >= 0.3 is 0 Å². The zero-order valence-electron chi connectivity index (χ0n) is 19.8. The molecule has 0 aliphatic carbocycles. The molecule has 0 saturated carbocycles. The van der Waals surface area contributed by atoms with Crippen molar-refractivity contribution in [2.75, 3.05) is 13.1 Å². The molecule has 1 fully saturated rings. The van der Waals surface area contributed by atoms with Crippen molar-refractivity contribution in [3.63, 3.8) is 0 Å². The number of piperidine rings is 1. The first kappa shape index (κ1) is 22.2. The van der Waals surface area contributed by atoms with E-state index in [0.717, 1.165) is 43.0 Å².